The van der Waals surface area contributed by atoms with Gasteiger partial charge in [-0.2, -0.15) is 0 Å². The van der Waals surface area contributed by atoms with E-state index in [2.05, 4.69) is 5.32 Å². The van der Waals surface area contributed by atoms with Gasteiger partial charge in [-0.05, 0) is 80.5 Å². The van der Waals surface area contributed by atoms with Crippen molar-refractivity contribution < 1.29 is 14.7 Å². The quantitative estimate of drug-likeness (QED) is 0.871. The molecule has 0 radical (unpaired) electrons. The zero-order valence-electron chi connectivity index (χ0n) is 13.5. The molecule has 0 unspecified atom stereocenters. The van der Waals surface area contributed by atoms with Crippen LogP contribution in [-0.4, -0.2) is 23.0 Å². The van der Waals surface area contributed by atoms with Crippen LogP contribution in [0.25, 0.3) is 0 Å². The number of carboxylic acid groups (broad SMARTS) is 1. The van der Waals surface area contributed by atoms with Gasteiger partial charge in [0.25, 0.3) is 5.91 Å². The molecule has 1 atom stereocenters. The molecular weight excluding hydrogens is 326 g/mol. The van der Waals surface area contributed by atoms with Crippen LogP contribution in [0.15, 0.2) is 24.3 Å². The Morgan fingerprint density at radius 2 is 1.54 bits per heavy atom. The monoisotopic (exact) mass is 347 g/mol. The normalized spacial score (nSPS) is 34.8. The Hall–Kier alpha value is -1.55. The molecule has 1 amide bonds. The second-order valence-electron chi connectivity index (χ2n) is 8.03. The second kappa shape index (κ2) is 5.76. The molecule has 1 aromatic rings. The summed E-state index contributed by atoms with van der Waals surface area (Å²) in [5, 5.41) is 13.2. The molecule has 4 fully saturated rings. The number of halogens is 1. The summed E-state index contributed by atoms with van der Waals surface area (Å²) >= 11 is 5.86. The van der Waals surface area contributed by atoms with E-state index in [1.165, 1.54) is 19.3 Å². The standard InChI is InChI=1S/C19H22ClNO3/c20-15-3-1-14(2-4-15)17(22)21-16(18(23)24)19-8-11-5-12(9-19)7-13(6-11)10-19/h1-4,11-13,16H,5-10H2,(H,21,22)(H,23,24)/t11?,12?,13?,16-,19?/m0/s1. The van der Waals surface area contributed by atoms with Crippen molar-refractivity contribution in [3.8, 4) is 0 Å². The average Bonchev–Trinajstić information content (AvgIpc) is 2.51. The molecule has 5 rings (SSSR count). The number of aliphatic carboxylic acids is 1. The van der Waals surface area contributed by atoms with Crippen molar-refractivity contribution in [3.63, 3.8) is 0 Å². The zero-order valence-corrected chi connectivity index (χ0v) is 14.3. The SMILES string of the molecule is O=C(N[C@@H](C(=O)O)C12CC3CC(CC(C3)C1)C2)c1ccc(Cl)cc1. The molecule has 5 heteroatoms. The minimum atomic E-state index is -0.903. The minimum absolute atomic E-state index is 0.261. The Morgan fingerprint density at radius 1 is 1.04 bits per heavy atom. The van der Waals surface area contributed by atoms with Crippen molar-refractivity contribution in [3.05, 3.63) is 34.9 Å². The van der Waals surface area contributed by atoms with Crippen LogP contribution in [0.5, 0.6) is 0 Å². The summed E-state index contributed by atoms with van der Waals surface area (Å²) in [4.78, 5) is 24.5. The van der Waals surface area contributed by atoms with Crippen LogP contribution in [0.1, 0.15) is 48.9 Å². The Labute approximate surface area is 146 Å². The molecule has 0 saturated heterocycles. The van der Waals surface area contributed by atoms with Crippen LogP contribution in [0.3, 0.4) is 0 Å². The van der Waals surface area contributed by atoms with Gasteiger partial charge in [-0.15, -0.1) is 0 Å². The maximum atomic E-state index is 12.5. The molecule has 4 aliphatic carbocycles. The van der Waals surface area contributed by atoms with Crippen LogP contribution in [0.4, 0.5) is 0 Å². The third-order valence-corrected chi connectivity index (χ3v) is 6.58. The highest BCUT2D eigenvalue weighted by atomic mass is 35.5. The fourth-order valence-electron chi connectivity index (χ4n) is 5.82. The summed E-state index contributed by atoms with van der Waals surface area (Å²) in [7, 11) is 0. The summed E-state index contributed by atoms with van der Waals surface area (Å²) in [6.07, 6.45) is 6.56. The third kappa shape index (κ3) is 2.71. The van der Waals surface area contributed by atoms with Gasteiger partial charge in [0, 0.05) is 16.0 Å². The molecule has 24 heavy (non-hydrogen) atoms. The number of hydrogen-bond donors (Lipinski definition) is 2. The largest absolute Gasteiger partial charge is 0.480 e. The molecule has 2 N–H and O–H groups in total. The van der Waals surface area contributed by atoms with E-state index < -0.39 is 12.0 Å². The highest BCUT2D eigenvalue weighted by Gasteiger charge is 2.56. The van der Waals surface area contributed by atoms with Crippen LogP contribution >= 0.6 is 11.6 Å². The molecule has 0 spiro atoms. The lowest BCUT2D eigenvalue weighted by molar-refractivity contribution is -0.150. The lowest BCUT2D eigenvalue weighted by Crippen LogP contribution is -2.59. The van der Waals surface area contributed by atoms with Crippen molar-refractivity contribution in [2.45, 2.75) is 44.6 Å². The molecular formula is C19H22ClNO3. The fraction of sp³-hybridized carbons (Fsp3) is 0.579. The summed E-state index contributed by atoms with van der Waals surface area (Å²) in [5.74, 6) is 0.704. The smallest absolute Gasteiger partial charge is 0.326 e. The van der Waals surface area contributed by atoms with E-state index in [1.807, 2.05) is 0 Å². The minimum Gasteiger partial charge on any atom is -0.480 e. The van der Waals surface area contributed by atoms with Gasteiger partial charge in [0.05, 0.1) is 0 Å². The van der Waals surface area contributed by atoms with Gasteiger partial charge in [-0.25, -0.2) is 4.79 Å². The first-order valence-corrected chi connectivity index (χ1v) is 9.12. The van der Waals surface area contributed by atoms with Gasteiger partial charge in [-0.1, -0.05) is 11.6 Å². The third-order valence-electron chi connectivity index (χ3n) is 6.33. The fourth-order valence-corrected chi connectivity index (χ4v) is 5.95. The number of hydrogen-bond acceptors (Lipinski definition) is 2. The van der Waals surface area contributed by atoms with Crippen LogP contribution in [0.2, 0.25) is 5.02 Å². The molecule has 4 bridgehead atoms. The van der Waals surface area contributed by atoms with Crippen molar-refractivity contribution in [2.24, 2.45) is 23.2 Å². The molecule has 4 saturated carbocycles. The van der Waals surface area contributed by atoms with Gasteiger partial charge in [-0.3, -0.25) is 4.79 Å². The summed E-state index contributed by atoms with van der Waals surface area (Å²) < 4.78 is 0. The van der Waals surface area contributed by atoms with E-state index in [1.54, 1.807) is 24.3 Å². The van der Waals surface area contributed by atoms with E-state index in [-0.39, 0.29) is 11.3 Å². The van der Waals surface area contributed by atoms with Crippen molar-refractivity contribution in [1.29, 1.82) is 0 Å². The zero-order chi connectivity index (χ0) is 16.9. The molecule has 4 nitrogen and oxygen atoms in total. The number of carboxylic acids is 1. The molecule has 4 aliphatic rings. The number of rotatable bonds is 4. The Balaban J connectivity index is 1.57. The second-order valence-corrected chi connectivity index (χ2v) is 8.47. The highest BCUT2D eigenvalue weighted by Crippen LogP contribution is 2.61. The molecule has 1 aromatic carbocycles. The Kier molecular flexibility index (Phi) is 3.83. The van der Waals surface area contributed by atoms with Crippen molar-refractivity contribution in [2.75, 3.05) is 0 Å². The van der Waals surface area contributed by atoms with Gasteiger partial charge < -0.3 is 10.4 Å². The van der Waals surface area contributed by atoms with E-state index in [0.717, 1.165) is 19.3 Å². The van der Waals surface area contributed by atoms with E-state index in [4.69, 9.17) is 11.6 Å². The van der Waals surface area contributed by atoms with Gasteiger partial charge >= 0.3 is 5.97 Å². The predicted molar refractivity (Wildman–Crippen MR) is 90.9 cm³/mol. The van der Waals surface area contributed by atoms with Crippen LogP contribution in [-0.2, 0) is 4.79 Å². The van der Waals surface area contributed by atoms with Gasteiger partial charge in [0.1, 0.15) is 6.04 Å². The highest BCUT2D eigenvalue weighted by molar-refractivity contribution is 6.30. The number of nitrogens with one attached hydrogen (secondary N) is 1. The van der Waals surface area contributed by atoms with E-state index in [9.17, 15) is 14.7 Å². The topological polar surface area (TPSA) is 66.4 Å². The van der Waals surface area contributed by atoms with E-state index >= 15 is 0 Å². The molecule has 0 aromatic heterocycles. The molecule has 0 aliphatic heterocycles. The number of amides is 1. The first kappa shape index (κ1) is 15.9. The number of carbonyl (C=O) groups is 2. The summed E-state index contributed by atoms with van der Waals surface area (Å²) in [6, 6.07) is 5.77. The first-order chi connectivity index (χ1) is 11.4. The lowest BCUT2D eigenvalue weighted by atomic mass is 9.47. The number of carbonyl (C=O) groups excluding carboxylic acids is 1. The summed E-state index contributed by atoms with van der Waals surface area (Å²) in [5.41, 5.74) is 0.193. The van der Waals surface area contributed by atoms with Crippen molar-refractivity contribution >= 4 is 23.5 Å². The maximum Gasteiger partial charge on any atom is 0.326 e. The van der Waals surface area contributed by atoms with Gasteiger partial charge in [0.2, 0.25) is 0 Å². The predicted octanol–water partition coefficient (Wildman–Crippen LogP) is 3.74. The Bertz CT molecular complexity index is 634. The van der Waals surface area contributed by atoms with Crippen LogP contribution < -0.4 is 5.32 Å². The molecule has 128 valence electrons. The Morgan fingerprint density at radius 3 is 2.00 bits per heavy atom. The average molecular weight is 348 g/mol. The number of benzene rings is 1. The lowest BCUT2D eigenvalue weighted by Gasteiger charge is -2.58. The maximum absolute atomic E-state index is 12.5. The van der Waals surface area contributed by atoms with Gasteiger partial charge in [0.15, 0.2) is 0 Å². The first-order valence-electron chi connectivity index (χ1n) is 8.74. The van der Waals surface area contributed by atoms with Crippen molar-refractivity contribution in [1.82, 2.24) is 5.32 Å². The summed E-state index contributed by atoms with van der Waals surface area (Å²) in [6.45, 7) is 0. The van der Waals surface area contributed by atoms with E-state index in [0.29, 0.717) is 28.3 Å². The molecule has 0 heterocycles. The van der Waals surface area contributed by atoms with Crippen LogP contribution in [0, 0.1) is 23.2 Å².